The van der Waals surface area contributed by atoms with Gasteiger partial charge in [0.15, 0.2) is 0 Å². The lowest BCUT2D eigenvalue weighted by molar-refractivity contribution is -0.150. The van der Waals surface area contributed by atoms with Crippen molar-refractivity contribution in [3.05, 3.63) is 11.7 Å². The Morgan fingerprint density at radius 3 is 2.00 bits per heavy atom. The Labute approximate surface area is 74.7 Å². The lowest BCUT2D eigenvalue weighted by Gasteiger charge is -2.05. The van der Waals surface area contributed by atoms with Crippen LogP contribution >= 0.6 is 0 Å². The summed E-state index contributed by atoms with van der Waals surface area (Å²) in [5.74, 6) is -3.22. The number of hydrogen-bond acceptors (Lipinski definition) is 6. The zero-order valence-electron chi connectivity index (χ0n) is 7.49. The minimum Gasteiger partial charge on any atom is -0.478 e. The van der Waals surface area contributed by atoms with E-state index in [-0.39, 0.29) is 0 Å². The molecule has 74 valence electrons. The standard InChI is InChI=1S/C7H10O6/c1-4(8)13-5(6(9)11-2)7(10)12-3/h9H,1-3H3. The maximum atomic E-state index is 10.9. The molecule has 0 bridgehead atoms. The van der Waals surface area contributed by atoms with Crippen LogP contribution in [-0.4, -0.2) is 31.3 Å². The van der Waals surface area contributed by atoms with Gasteiger partial charge >= 0.3 is 17.9 Å². The molecule has 0 heterocycles. The van der Waals surface area contributed by atoms with E-state index in [1.54, 1.807) is 0 Å². The lowest BCUT2D eigenvalue weighted by atomic mass is 10.5. The molecule has 6 heteroatoms. The Bertz CT molecular complexity index is 241. The summed E-state index contributed by atoms with van der Waals surface area (Å²) >= 11 is 0. The molecule has 0 atom stereocenters. The molecule has 0 amide bonds. The number of aliphatic hydroxyl groups excluding tert-OH is 1. The Morgan fingerprint density at radius 2 is 1.69 bits per heavy atom. The molecule has 0 aromatic carbocycles. The summed E-state index contributed by atoms with van der Waals surface area (Å²) in [7, 11) is 2.19. The number of aliphatic hydroxyl groups is 1. The average Bonchev–Trinajstić information content (AvgIpc) is 2.11. The molecular weight excluding hydrogens is 180 g/mol. The van der Waals surface area contributed by atoms with Crippen LogP contribution < -0.4 is 0 Å². The summed E-state index contributed by atoms with van der Waals surface area (Å²) in [6.45, 7) is 1.08. The number of carbonyl (C=O) groups excluding carboxylic acids is 2. The predicted molar refractivity (Wildman–Crippen MR) is 40.4 cm³/mol. The van der Waals surface area contributed by atoms with E-state index in [2.05, 4.69) is 14.2 Å². The summed E-state index contributed by atoms with van der Waals surface area (Å²) in [5.41, 5.74) is 0. The second-order valence-electron chi connectivity index (χ2n) is 1.92. The zero-order valence-corrected chi connectivity index (χ0v) is 7.49. The van der Waals surface area contributed by atoms with Crippen molar-refractivity contribution in [3.8, 4) is 0 Å². The number of hydrogen-bond donors (Lipinski definition) is 1. The van der Waals surface area contributed by atoms with Crippen LogP contribution in [-0.2, 0) is 23.8 Å². The van der Waals surface area contributed by atoms with E-state index in [0.717, 1.165) is 21.1 Å². The van der Waals surface area contributed by atoms with Crippen LogP contribution in [0.1, 0.15) is 6.92 Å². The molecule has 0 saturated heterocycles. The van der Waals surface area contributed by atoms with Gasteiger partial charge in [0.2, 0.25) is 0 Å². The van der Waals surface area contributed by atoms with Gasteiger partial charge in [-0.15, -0.1) is 0 Å². The monoisotopic (exact) mass is 190 g/mol. The van der Waals surface area contributed by atoms with E-state index in [1.807, 2.05) is 0 Å². The SMILES string of the molecule is COC(=O)C(OC(C)=O)=C(O)OC. The molecule has 0 unspecified atom stereocenters. The Balaban J connectivity index is 4.75. The maximum absolute atomic E-state index is 10.9. The van der Waals surface area contributed by atoms with Crippen molar-refractivity contribution in [2.45, 2.75) is 6.92 Å². The van der Waals surface area contributed by atoms with E-state index >= 15 is 0 Å². The second kappa shape index (κ2) is 5.02. The van der Waals surface area contributed by atoms with Gasteiger partial charge in [0.05, 0.1) is 14.2 Å². The third kappa shape index (κ3) is 3.46. The van der Waals surface area contributed by atoms with Gasteiger partial charge in [-0.05, 0) is 0 Å². The largest absolute Gasteiger partial charge is 0.478 e. The van der Waals surface area contributed by atoms with Gasteiger partial charge in [-0.2, -0.15) is 0 Å². The Hall–Kier alpha value is -1.72. The lowest BCUT2D eigenvalue weighted by Crippen LogP contribution is -2.14. The number of ether oxygens (including phenoxy) is 3. The number of rotatable bonds is 3. The molecule has 0 spiro atoms. The van der Waals surface area contributed by atoms with Crippen molar-refractivity contribution in [1.29, 1.82) is 0 Å². The summed E-state index contributed by atoms with van der Waals surface area (Å²) < 4.78 is 12.9. The predicted octanol–water partition coefficient (Wildman–Crippen LogP) is 0.0960. The number of carbonyl (C=O) groups is 2. The normalized spacial score (nSPS) is 11.3. The van der Waals surface area contributed by atoms with E-state index in [9.17, 15) is 9.59 Å². The third-order valence-corrected chi connectivity index (χ3v) is 1.00. The van der Waals surface area contributed by atoms with Crippen LogP contribution in [0.5, 0.6) is 0 Å². The topological polar surface area (TPSA) is 82.1 Å². The molecule has 0 rings (SSSR count). The first kappa shape index (κ1) is 11.3. The summed E-state index contributed by atoms with van der Waals surface area (Å²) in [6, 6.07) is 0. The van der Waals surface area contributed by atoms with Gasteiger partial charge in [0.1, 0.15) is 0 Å². The first-order valence-electron chi connectivity index (χ1n) is 3.26. The van der Waals surface area contributed by atoms with Gasteiger partial charge < -0.3 is 19.3 Å². The van der Waals surface area contributed by atoms with Crippen LogP contribution in [0.25, 0.3) is 0 Å². The fraction of sp³-hybridized carbons (Fsp3) is 0.429. The highest BCUT2D eigenvalue weighted by molar-refractivity contribution is 5.89. The highest BCUT2D eigenvalue weighted by Gasteiger charge is 2.20. The quantitative estimate of drug-likeness (QED) is 0.386. The smallest absolute Gasteiger partial charge is 0.381 e. The second-order valence-corrected chi connectivity index (χ2v) is 1.92. The van der Waals surface area contributed by atoms with E-state index in [1.165, 1.54) is 0 Å². The highest BCUT2D eigenvalue weighted by Crippen LogP contribution is 2.06. The van der Waals surface area contributed by atoms with Crippen LogP contribution in [0.4, 0.5) is 0 Å². The van der Waals surface area contributed by atoms with Gasteiger partial charge in [-0.25, -0.2) is 4.79 Å². The summed E-state index contributed by atoms with van der Waals surface area (Å²) in [4.78, 5) is 21.3. The van der Waals surface area contributed by atoms with Gasteiger partial charge in [0, 0.05) is 6.92 Å². The molecule has 0 aromatic heterocycles. The van der Waals surface area contributed by atoms with Crippen molar-refractivity contribution in [3.63, 3.8) is 0 Å². The van der Waals surface area contributed by atoms with E-state index in [0.29, 0.717) is 0 Å². The van der Waals surface area contributed by atoms with Crippen molar-refractivity contribution < 1.29 is 28.9 Å². The molecule has 0 aromatic rings. The van der Waals surface area contributed by atoms with Crippen LogP contribution in [0, 0.1) is 0 Å². The number of methoxy groups -OCH3 is 2. The van der Waals surface area contributed by atoms with Crippen molar-refractivity contribution >= 4 is 11.9 Å². The summed E-state index contributed by atoms with van der Waals surface area (Å²) in [6.07, 6.45) is 0. The molecule has 6 nitrogen and oxygen atoms in total. The van der Waals surface area contributed by atoms with Gasteiger partial charge in [-0.1, -0.05) is 0 Å². The van der Waals surface area contributed by atoms with Crippen molar-refractivity contribution in [2.24, 2.45) is 0 Å². The molecule has 0 saturated carbocycles. The zero-order chi connectivity index (χ0) is 10.4. The molecular formula is C7H10O6. The molecule has 0 aliphatic rings. The average molecular weight is 190 g/mol. The third-order valence-electron chi connectivity index (χ3n) is 1.00. The van der Waals surface area contributed by atoms with E-state index in [4.69, 9.17) is 5.11 Å². The van der Waals surface area contributed by atoms with Crippen LogP contribution in [0.2, 0.25) is 0 Å². The van der Waals surface area contributed by atoms with E-state index < -0.39 is 23.6 Å². The van der Waals surface area contributed by atoms with Crippen molar-refractivity contribution in [2.75, 3.05) is 14.2 Å². The minimum atomic E-state index is -0.991. The Kier molecular flexibility index (Phi) is 4.36. The molecule has 0 aliphatic carbocycles. The Morgan fingerprint density at radius 1 is 1.15 bits per heavy atom. The molecule has 0 fully saturated rings. The fourth-order valence-electron chi connectivity index (χ4n) is 0.502. The molecule has 1 N–H and O–H groups in total. The van der Waals surface area contributed by atoms with Gasteiger partial charge in [-0.3, -0.25) is 4.79 Å². The maximum Gasteiger partial charge on any atom is 0.381 e. The summed E-state index contributed by atoms with van der Waals surface area (Å²) in [5, 5.41) is 8.95. The first-order chi connectivity index (χ1) is 6.02. The van der Waals surface area contributed by atoms with Crippen molar-refractivity contribution in [1.82, 2.24) is 0 Å². The van der Waals surface area contributed by atoms with Crippen LogP contribution in [0.15, 0.2) is 11.7 Å². The molecule has 0 radical (unpaired) electrons. The fourth-order valence-corrected chi connectivity index (χ4v) is 0.502. The minimum absolute atomic E-state index is 0.669. The van der Waals surface area contributed by atoms with Gasteiger partial charge in [0.25, 0.3) is 5.76 Å². The number of esters is 2. The molecule has 0 aliphatic heterocycles. The first-order valence-corrected chi connectivity index (χ1v) is 3.26. The highest BCUT2D eigenvalue weighted by atomic mass is 16.6. The molecule has 13 heavy (non-hydrogen) atoms. The van der Waals surface area contributed by atoms with Crippen LogP contribution in [0.3, 0.4) is 0 Å².